The molecule has 13 heavy (non-hydrogen) atoms. The first-order valence-electron chi connectivity index (χ1n) is 3.48. The number of H-pyrrole nitrogens is 1. The molecule has 62 valence electrons. The van der Waals surface area contributed by atoms with Gasteiger partial charge in [0.15, 0.2) is 0 Å². The molecule has 4 nitrogen and oxygen atoms in total. The molecule has 2 radical (unpaired) electrons. The van der Waals surface area contributed by atoms with Gasteiger partial charge in [0.1, 0.15) is 13.5 Å². The average molecular weight is 191 g/mol. The van der Waals surface area contributed by atoms with Crippen LogP contribution in [0.25, 0.3) is 11.0 Å². The van der Waals surface area contributed by atoms with Crippen molar-refractivity contribution in [2.45, 2.75) is 0 Å². The molecule has 2 aromatic heterocycles. The van der Waals surface area contributed by atoms with Gasteiger partial charge in [0.25, 0.3) is 0 Å². The number of aromatic nitrogens is 3. The van der Waals surface area contributed by atoms with E-state index in [-0.39, 0.29) is 16.3 Å². The fourth-order valence-electron chi connectivity index (χ4n) is 0.988. The van der Waals surface area contributed by atoms with E-state index in [1.165, 1.54) is 12.3 Å². The van der Waals surface area contributed by atoms with E-state index in [1.807, 2.05) is 0 Å². The number of pyridine rings is 1. The lowest BCUT2D eigenvalue weighted by Gasteiger charge is -1.97. The minimum atomic E-state index is -0.373. The summed E-state index contributed by atoms with van der Waals surface area (Å²) in [5.41, 5.74) is 0.153. The van der Waals surface area contributed by atoms with Gasteiger partial charge in [0.05, 0.1) is 0 Å². The van der Waals surface area contributed by atoms with Gasteiger partial charge in [0, 0.05) is 11.6 Å². The van der Waals surface area contributed by atoms with Crippen LogP contribution < -0.4 is 11.0 Å². The lowest BCUT2D eigenvalue weighted by atomic mass is 9.97. The Morgan fingerprint density at radius 1 is 1.54 bits per heavy atom. The van der Waals surface area contributed by atoms with E-state index in [0.29, 0.717) is 11.0 Å². The van der Waals surface area contributed by atoms with E-state index in [4.69, 9.17) is 19.4 Å². The molecule has 0 atom stereocenters. The van der Waals surface area contributed by atoms with Crippen molar-refractivity contribution in [1.29, 1.82) is 0 Å². The number of hydrogen-bond acceptors (Lipinski definition) is 3. The largest absolute Gasteiger partial charge is 0.307 e. The lowest BCUT2D eigenvalue weighted by Crippen LogP contribution is -2.27. The average Bonchev–Trinajstić information content (AvgIpc) is 2.08. The van der Waals surface area contributed by atoms with Crippen molar-refractivity contribution in [3.8, 4) is 0 Å². The van der Waals surface area contributed by atoms with E-state index in [9.17, 15) is 4.79 Å². The number of nitrogens with one attached hydrogen (secondary N) is 1. The third-order valence-corrected chi connectivity index (χ3v) is 1.77. The topological polar surface area (TPSA) is 58.6 Å². The maximum absolute atomic E-state index is 11.1. The van der Waals surface area contributed by atoms with Crippen molar-refractivity contribution in [2.75, 3.05) is 0 Å². The first kappa shape index (κ1) is 8.25. The number of nitrogens with zero attached hydrogens (tertiary/aromatic N) is 2. The summed E-state index contributed by atoms with van der Waals surface area (Å²) in [7, 11) is 5.39. The Morgan fingerprint density at radius 2 is 2.31 bits per heavy atom. The summed E-state index contributed by atoms with van der Waals surface area (Å²) in [4.78, 5) is 21.1. The number of fused-ring (bicyclic) bond motifs is 1. The Bertz CT molecular complexity index is 525. The van der Waals surface area contributed by atoms with Gasteiger partial charge in [-0.15, -0.1) is 0 Å². The highest BCUT2D eigenvalue weighted by atomic mass is 35.5. The van der Waals surface area contributed by atoms with Gasteiger partial charge >= 0.3 is 0 Å². The maximum Gasteiger partial charge on any atom is 0.242 e. The Labute approximate surface area is 79.4 Å². The van der Waals surface area contributed by atoms with Gasteiger partial charge in [-0.25, -0.2) is 4.98 Å². The van der Waals surface area contributed by atoms with Crippen LogP contribution in [0.1, 0.15) is 0 Å². The molecule has 2 aromatic rings. The third-order valence-electron chi connectivity index (χ3n) is 1.59. The smallest absolute Gasteiger partial charge is 0.242 e. The molecule has 0 aromatic carbocycles. The van der Waals surface area contributed by atoms with Crippen LogP contribution in [0.4, 0.5) is 0 Å². The van der Waals surface area contributed by atoms with Crippen LogP contribution in [0.2, 0.25) is 5.28 Å². The van der Waals surface area contributed by atoms with E-state index < -0.39 is 0 Å². The number of halogens is 1. The molecule has 0 saturated heterocycles. The molecule has 0 amide bonds. The molecule has 0 aliphatic rings. The van der Waals surface area contributed by atoms with Crippen LogP contribution in [0.5, 0.6) is 0 Å². The Balaban J connectivity index is 2.89. The van der Waals surface area contributed by atoms with Gasteiger partial charge < -0.3 is 4.98 Å². The van der Waals surface area contributed by atoms with Crippen molar-refractivity contribution in [1.82, 2.24) is 15.0 Å². The predicted octanol–water partition coefficient (Wildman–Crippen LogP) is -0.235. The Kier molecular flexibility index (Phi) is 1.81. The Morgan fingerprint density at radius 3 is 3.08 bits per heavy atom. The highest BCUT2D eigenvalue weighted by molar-refractivity contribution is 6.32. The zero-order valence-corrected chi connectivity index (χ0v) is 7.17. The number of hydrogen-bond donors (Lipinski definition) is 1. The van der Waals surface area contributed by atoms with Crippen LogP contribution in [0.15, 0.2) is 17.1 Å². The summed E-state index contributed by atoms with van der Waals surface area (Å²) in [6.45, 7) is 0. The van der Waals surface area contributed by atoms with E-state index >= 15 is 0 Å². The minimum Gasteiger partial charge on any atom is -0.307 e. The Hall–Kier alpha value is -1.36. The molecule has 2 rings (SSSR count). The van der Waals surface area contributed by atoms with E-state index in [2.05, 4.69) is 15.0 Å². The van der Waals surface area contributed by atoms with Crippen LogP contribution >= 0.6 is 11.6 Å². The zero-order chi connectivity index (χ0) is 9.42. The predicted molar refractivity (Wildman–Crippen MR) is 50.6 cm³/mol. The molecule has 0 spiro atoms. The molecular formula is C7H3BClN3O. The molecular weight excluding hydrogens is 188 g/mol. The second-order valence-corrected chi connectivity index (χ2v) is 2.83. The van der Waals surface area contributed by atoms with Gasteiger partial charge in [0.2, 0.25) is 10.8 Å². The summed E-state index contributed by atoms with van der Waals surface area (Å²) in [6.07, 6.45) is 1.50. The third kappa shape index (κ3) is 1.42. The number of rotatable bonds is 0. The molecule has 0 fully saturated rings. The number of aromatic amines is 1. The van der Waals surface area contributed by atoms with Gasteiger partial charge in [-0.2, -0.15) is 4.98 Å². The molecule has 0 aliphatic heterocycles. The second kappa shape index (κ2) is 2.85. The fourth-order valence-corrected chi connectivity index (χ4v) is 1.12. The zero-order valence-electron chi connectivity index (χ0n) is 6.41. The van der Waals surface area contributed by atoms with Crippen LogP contribution in [-0.4, -0.2) is 22.8 Å². The molecule has 0 aliphatic carbocycles. The van der Waals surface area contributed by atoms with Gasteiger partial charge in [-0.3, -0.25) is 4.79 Å². The molecule has 2 heterocycles. The highest BCUT2D eigenvalue weighted by Gasteiger charge is 2.00. The SMILES string of the molecule is [B]c1cc2cnc(Cl)nc2[nH]c1=O. The van der Waals surface area contributed by atoms with Crippen molar-refractivity contribution in [2.24, 2.45) is 0 Å². The summed E-state index contributed by atoms with van der Waals surface area (Å²) in [5.74, 6) is 0. The second-order valence-electron chi connectivity index (χ2n) is 2.50. The maximum atomic E-state index is 11.1. The molecule has 0 bridgehead atoms. The summed E-state index contributed by atoms with van der Waals surface area (Å²) in [5, 5.41) is 0.745. The molecule has 6 heteroatoms. The summed E-state index contributed by atoms with van der Waals surface area (Å²) < 4.78 is 0. The van der Waals surface area contributed by atoms with E-state index in [0.717, 1.165) is 0 Å². The molecule has 0 saturated carbocycles. The molecule has 0 unspecified atom stereocenters. The first-order chi connectivity index (χ1) is 6.16. The molecule has 1 N–H and O–H groups in total. The standard InChI is InChI=1S/C7H3BClN3O/c8-4-1-3-2-10-7(9)12-5(3)11-6(4)13/h1-2H,(H,10,11,12,13). The first-order valence-corrected chi connectivity index (χ1v) is 3.85. The van der Waals surface area contributed by atoms with Gasteiger partial charge in [-0.05, 0) is 17.1 Å². The normalized spacial score (nSPS) is 10.5. The van der Waals surface area contributed by atoms with Gasteiger partial charge in [-0.1, -0.05) is 6.07 Å². The van der Waals surface area contributed by atoms with Crippen molar-refractivity contribution < 1.29 is 0 Å². The summed E-state index contributed by atoms with van der Waals surface area (Å²) in [6, 6.07) is 1.50. The van der Waals surface area contributed by atoms with Crippen molar-refractivity contribution >= 4 is 35.9 Å². The van der Waals surface area contributed by atoms with Crippen molar-refractivity contribution in [3.05, 3.63) is 27.9 Å². The minimum absolute atomic E-state index is 0.0907. The van der Waals surface area contributed by atoms with Crippen LogP contribution in [-0.2, 0) is 0 Å². The highest BCUT2D eigenvalue weighted by Crippen LogP contribution is 2.06. The lowest BCUT2D eigenvalue weighted by molar-refractivity contribution is 1.17. The van der Waals surface area contributed by atoms with Crippen molar-refractivity contribution in [3.63, 3.8) is 0 Å². The quantitative estimate of drug-likeness (QED) is 0.462. The van der Waals surface area contributed by atoms with Crippen LogP contribution in [0.3, 0.4) is 0 Å². The van der Waals surface area contributed by atoms with E-state index in [1.54, 1.807) is 0 Å². The van der Waals surface area contributed by atoms with Crippen LogP contribution in [0, 0.1) is 0 Å². The monoisotopic (exact) mass is 191 g/mol. The fraction of sp³-hybridized carbons (Fsp3) is 0. The summed E-state index contributed by atoms with van der Waals surface area (Å²) >= 11 is 5.54.